The quantitative estimate of drug-likeness (QED) is 0.747. The minimum atomic E-state index is -1.15. The number of primary amides is 1. The van der Waals surface area contributed by atoms with Crippen LogP contribution in [-0.2, 0) is 9.59 Å². The Morgan fingerprint density at radius 1 is 1.30 bits per heavy atom. The van der Waals surface area contributed by atoms with Gasteiger partial charge in [0.25, 0.3) is 0 Å². The zero-order valence-corrected chi connectivity index (χ0v) is 11.9. The van der Waals surface area contributed by atoms with Gasteiger partial charge in [-0.25, -0.2) is 4.79 Å². The van der Waals surface area contributed by atoms with Crippen LogP contribution in [0.2, 0.25) is 0 Å². The standard InChI is InChI=1S/C13H23N3O4/c1-2-5-10-6-3-4-7-16(10)13(20)15(8-11(14)17)9-12(18)19/h10H,2-9H2,1H3,(H2,14,17)(H,18,19). The Bertz CT molecular complexity index is 355. The van der Waals surface area contributed by atoms with E-state index in [0.29, 0.717) is 6.54 Å². The van der Waals surface area contributed by atoms with Gasteiger partial charge < -0.3 is 20.6 Å². The molecule has 0 spiro atoms. The minimum Gasteiger partial charge on any atom is -0.480 e. The first-order valence-electron chi connectivity index (χ1n) is 7.01. The van der Waals surface area contributed by atoms with Gasteiger partial charge in [-0.3, -0.25) is 9.59 Å². The van der Waals surface area contributed by atoms with Crippen molar-refractivity contribution in [2.45, 2.75) is 45.1 Å². The highest BCUT2D eigenvalue weighted by atomic mass is 16.4. The molecule has 1 unspecified atom stereocenters. The molecule has 7 heteroatoms. The number of hydrogen-bond acceptors (Lipinski definition) is 3. The largest absolute Gasteiger partial charge is 0.480 e. The number of rotatable bonds is 6. The molecule has 0 aliphatic carbocycles. The molecule has 1 saturated heterocycles. The van der Waals surface area contributed by atoms with Crippen molar-refractivity contribution in [3.8, 4) is 0 Å². The fourth-order valence-electron chi connectivity index (χ4n) is 2.61. The van der Waals surface area contributed by atoms with E-state index in [1.807, 2.05) is 0 Å². The molecular formula is C13H23N3O4. The van der Waals surface area contributed by atoms with Crippen molar-refractivity contribution >= 4 is 17.9 Å². The second-order valence-electron chi connectivity index (χ2n) is 5.13. The van der Waals surface area contributed by atoms with Gasteiger partial charge in [0.1, 0.15) is 13.1 Å². The van der Waals surface area contributed by atoms with Crippen LogP contribution in [0.15, 0.2) is 0 Å². The number of carbonyl (C=O) groups is 3. The number of piperidine rings is 1. The van der Waals surface area contributed by atoms with Gasteiger partial charge in [0.2, 0.25) is 5.91 Å². The summed E-state index contributed by atoms with van der Waals surface area (Å²) in [4.78, 5) is 37.0. The molecule has 1 aliphatic heterocycles. The Kier molecular flexibility index (Phi) is 6.27. The first kappa shape index (κ1) is 16.3. The highest BCUT2D eigenvalue weighted by Crippen LogP contribution is 2.22. The van der Waals surface area contributed by atoms with Crippen LogP contribution in [0.3, 0.4) is 0 Å². The van der Waals surface area contributed by atoms with E-state index in [0.717, 1.165) is 37.0 Å². The zero-order chi connectivity index (χ0) is 15.1. The average Bonchev–Trinajstić information content (AvgIpc) is 2.37. The van der Waals surface area contributed by atoms with Gasteiger partial charge in [0.05, 0.1) is 0 Å². The SMILES string of the molecule is CCCC1CCCCN1C(=O)N(CC(N)=O)CC(=O)O. The Labute approximate surface area is 118 Å². The Balaban J connectivity index is 2.79. The van der Waals surface area contributed by atoms with E-state index in [-0.39, 0.29) is 12.6 Å². The number of carboxylic acid groups (broad SMARTS) is 1. The Hall–Kier alpha value is -1.79. The number of carboxylic acids is 1. The first-order valence-corrected chi connectivity index (χ1v) is 7.01. The van der Waals surface area contributed by atoms with Crippen LogP contribution in [0.25, 0.3) is 0 Å². The molecule has 1 heterocycles. The molecule has 0 bridgehead atoms. The lowest BCUT2D eigenvalue weighted by Crippen LogP contribution is -2.53. The number of hydrogen-bond donors (Lipinski definition) is 2. The third-order valence-corrected chi connectivity index (χ3v) is 3.44. The summed E-state index contributed by atoms with van der Waals surface area (Å²) in [6, 6.07) is -0.269. The lowest BCUT2D eigenvalue weighted by atomic mass is 9.98. The molecule has 20 heavy (non-hydrogen) atoms. The van der Waals surface area contributed by atoms with Crippen molar-refractivity contribution < 1.29 is 19.5 Å². The summed E-state index contributed by atoms with van der Waals surface area (Å²) in [5, 5.41) is 8.85. The maximum absolute atomic E-state index is 12.4. The van der Waals surface area contributed by atoms with Crippen molar-refractivity contribution in [1.82, 2.24) is 9.80 Å². The summed E-state index contributed by atoms with van der Waals surface area (Å²) in [6.45, 7) is 1.80. The summed E-state index contributed by atoms with van der Waals surface area (Å²) >= 11 is 0. The minimum absolute atomic E-state index is 0.130. The van der Waals surface area contributed by atoms with Crippen LogP contribution in [0.5, 0.6) is 0 Å². The molecule has 114 valence electrons. The molecule has 0 aromatic carbocycles. The third-order valence-electron chi connectivity index (χ3n) is 3.44. The highest BCUT2D eigenvalue weighted by Gasteiger charge is 2.30. The third kappa shape index (κ3) is 4.71. The average molecular weight is 285 g/mol. The topological polar surface area (TPSA) is 104 Å². The van der Waals surface area contributed by atoms with Crippen molar-refractivity contribution in [3.05, 3.63) is 0 Å². The second-order valence-corrected chi connectivity index (χ2v) is 5.13. The van der Waals surface area contributed by atoms with Crippen LogP contribution in [0.4, 0.5) is 4.79 Å². The molecule has 0 aromatic rings. The molecule has 1 fully saturated rings. The van der Waals surface area contributed by atoms with Gasteiger partial charge >= 0.3 is 12.0 Å². The number of aliphatic carboxylic acids is 1. The molecule has 3 N–H and O–H groups in total. The molecular weight excluding hydrogens is 262 g/mol. The number of carbonyl (C=O) groups excluding carboxylic acids is 2. The van der Waals surface area contributed by atoms with Gasteiger partial charge in [0, 0.05) is 12.6 Å². The fourth-order valence-corrected chi connectivity index (χ4v) is 2.61. The van der Waals surface area contributed by atoms with Crippen molar-refractivity contribution in [2.24, 2.45) is 5.73 Å². The maximum atomic E-state index is 12.4. The second kappa shape index (κ2) is 7.72. The van der Waals surface area contributed by atoms with Crippen LogP contribution in [-0.4, -0.2) is 58.5 Å². The normalized spacial score (nSPS) is 18.6. The van der Waals surface area contributed by atoms with Crippen molar-refractivity contribution in [1.29, 1.82) is 0 Å². The van der Waals surface area contributed by atoms with E-state index in [1.165, 1.54) is 0 Å². The molecule has 1 aliphatic rings. The molecule has 0 radical (unpaired) electrons. The van der Waals surface area contributed by atoms with E-state index < -0.39 is 24.5 Å². The van der Waals surface area contributed by atoms with E-state index in [4.69, 9.17) is 10.8 Å². The van der Waals surface area contributed by atoms with E-state index in [1.54, 1.807) is 4.90 Å². The van der Waals surface area contributed by atoms with E-state index in [2.05, 4.69) is 6.92 Å². The summed E-state index contributed by atoms with van der Waals surface area (Å²) in [5.74, 6) is -1.85. The van der Waals surface area contributed by atoms with Crippen molar-refractivity contribution in [3.63, 3.8) is 0 Å². The lowest BCUT2D eigenvalue weighted by Gasteiger charge is -2.38. The Morgan fingerprint density at radius 2 is 2.00 bits per heavy atom. The van der Waals surface area contributed by atoms with Crippen LogP contribution in [0, 0.1) is 0 Å². The zero-order valence-electron chi connectivity index (χ0n) is 11.9. The van der Waals surface area contributed by atoms with Crippen molar-refractivity contribution in [2.75, 3.05) is 19.6 Å². The van der Waals surface area contributed by atoms with E-state index in [9.17, 15) is 14.4 Å². The van der Waals surface area contributed by atoms with Gasteiger partial charge in [-0.1, -0.05) is 13.3 Å². The van der Waals surface area contributed by atoms with Gasteiger partial charge in [-0.15, -0.1) is 0 Å². The summed E-state index contributed by atoms with van der Waals surface area (Å²) in [7, 11) is 0. The fraction of sp³-hybridized carbons (Fsp3) is 0.769. The van der Waals surface area contributed by atoms with Gasteiger partial charge in [0.15, 0.2) is 0 Å². The number of nitrogens with zero attached hydrogens (tertiary/aromatic N) is 2. The number of likely N-dealkylation sites (tertiary alicyclic amines) is 1. The van der Waals surface area contributed by atoms with Crippen LogP contribution < -0.4 is 5.73 Å². The highest BCUT2D eigenvalue weighted by molar-refractivity contribution is 5.86. The number of nitrogens with two attached hydrogens (primary N) is 1. The van der Waals surface area contributed by atoms with E-state index >= 15 is 0 Å². The lowest BCUT2D eigenvalue weighted by molar-refractivity contribution is -0.138. The van der Waals surface area contributed by atoms with Gasteiger partial charge in [-0.2, -0.15) is 0 Å². The molecule has 1 rings (SSSR count). The smallest absolute Gasteiger partial charge is 0.323 e. The number of urea groups is 1. The summed E-state index contributed by atoms with van der Waals surface area (Å²) < 4.78 is 0. The maximum Gasteiger partial charge on any atom is 0.323 e. The predicted molar refractivity (Wildman–Crippen MR) is 73.1 cm³/mol. The molecule has 1 atom stereocenters. The molecule has 0 saturated carbocycles. The first-order chi connectivity index (χ1) is 9.45. The summed E-state index contributed by atoms with van der Waals surface area (Å²) in [6.07, 6.45) is 4.76. The molecule has 3 amide bonds. The monoisotopic (exact) mass is 285 g/mol. The summed E-state index contributed by atoms with van der Waals surface area (Å²) in [5.41, 5.74) is 5.09. The molecule has 7 nitrogen and oxygen atoms in total. The Morgan fingerprint density at radius 3 is 2.55 bits per heavy atom. The van der Waals surface area contributed by atoms with Gasteiger partial charge in [-0.05, 0) is 25.7 Å². The molecule has 0 aromatic heterocycles. The number of amides is 3. The van der Waals surface area contributed by atoms with Crippen LogP contribution >= 0.6 is 0 Å². The van der Waals surface area contributed by atoms with Crippen LogP contribution in [0.1, 0.15) is 39.0 Å². The predicted octanol–water partition coefficient (Wildman–Crippen LogP) is 0.633.